The summed E-state index contributed by atoms with van der Waals surface area (Å²) in [6.07, 6.45) is 1.66. The standard InChI is InChI=1S/C20H18N2O4S2/c1-26-16-9-14(7-8-15(16)23)10-17-19(25)22(20(27)28-17)12-18(24)21-11-13-5-3-2-4-6-13/h2-10,23H,11-12H2,1H3,(H,21,24)/b17-10-. The lowest BCUT2D eigenvalue weighted by molar-refractivity contribution is -0.128. The maximum atomic E-state index is 12.6. The topological polar surface area (TPSA) is 78.9 Å². The van der Waals surface area contributed by atoms with Crippen molar-refractivity contribution in [3.8, 4) is 11.5 Å². The number of amides is 2. The maximum Gasteiger partial charge on any atom is 0.266 e. The van der Waals surface area contributed by atoms with Gasteiger partial charge >= 0.3 is 0 Å². The number of phenols is 1. The van der Waals surface area contributed by atoms with E-state index in [1.54, 1.807) is 18.2 Å². The largest absolute Gasteiger partial charge is 0.504 e. The third kappa shape index (κ3) is 4.71. The normalized spacial score (nSPS) is 15.2. The Morgan fingerprint density at radius 2 is 2.04 bits per heavy atom. The van der Waals surface area contributed by atoms with Crippen LogP contribution < -0.4 is 10.1 Å². The van der Waals surface area contributed by atoms with Crippen LogP contribution in [-0.4, -0.2) is 39.8 Å². The highest BCUT2D eigenvalue weighted by molar-refractivity contribution is 8.26. The van der Waals surface area contributed by atoms with Gasteiger partial charge in [0.1, 0.15) is 10.9 Å². The Bertz CT molecular complexity index is 944. The van der Waals surface area contributed by atoms with E-state index >= 15 is 0 Å². The molecule has 28 heavy (non-hydrogen) atoms. The van der Waals surface area contributed by atoms with Crippen molar-refractivity contribution < 1.29 is 19.4 Å². The van der Waals surface area contributed by atoms with Gasteiger partial charge < -0.3 is 15.2 Å². The second-order valence-electron chi connectivity index (χ2n) is 5.96. The predicted molar refractivity (Wildman–Crippen MR) is 113 cm³/mol. The van der Waals surface area contributed by atoms with E-state index in [1.165, 1.54) is 18.1 Å². The van der Waals surface area contributed by atoms with Gasteiger partial charge in [-0.25, -0.2) is 0 Å². The number of phenolic OH excluding ortho intramolecular Hbond substituents is 1. The van der Waals surface area contributed by atoms with E-state index in [9.17, 15) is 14.7 Å². The number of hydrogen-bond donors (Lipinski definition) is 2. The molecule has 2 aromatic rings. The van der Waals surface area contributed by atoms with Gasteiger partial charge in [-0.3, -0.25) is 14.5 Å². The van der Waals surface area contributed by atoms with Crippen LogP contribution in [0.3, 0.4) is 0 Å². The van der Waals surface area contributed by atoms with E-state index in [2.05, 4.69) is 5.32 Å². The number of aromatic hydroxyl groups is 1. The fourth-order valence-corrected chi connectivity index (χ4v) is 3.82. The zero-order chi connectivity index (χ0) is 20.1. The number of carbonyl (C=O) groups excluding carboxylic acids is 2. The Morgan fingerprint density at radius 1 is 1.29 bits per heavy atom. The fourth-order valence-electron chi connectivity index (χ4n) is 2.57. The number of thioether (sulfide) groups is 1. The summed E-state index contributed by atoms with van der Waals surface area (Å²) in [6.45, 7) is 0.255. The van der Waals surface area contributed by atoms with Gasteiger partial charge in [-0.05, 0) is 29.3 Å². The highest BCUT2D eigenvalue weighted by Gasteiger charge is 2.33. The first-order chi connectivity index (χ1) is 13.5. The SMILES string of the molecule is COc1cc(/C=C2\SC(=S)N(CC(=O)NCc3ccccc3)C2=O)ccc1O. The lowest BCUT2D eigenvalue weighted by atomic mass is 10.2. The van der Waals surface area contributed by atoms with Gasteiger partial charge in [-0.15, -0.1) is 0 Å². The molecule has 1 fully saturated rings. The van der Waals surface area contributed by atoms with E-state index in [4.69, 9.17) is 17.0 Å². The Balaban J connectivity index is 1.65. The molecule has 1 saturated heterocycles. The molecule has 0 saturated carbocycles. The molecule has 2 aromatic carbocycles. The van der Waals surface area contributed by atoms with Crippen molar-refractivity contribution in [2.45, 2.75) is 6.54 Å². The summed E-state index contributed by atoms with van der Waals surface area (Å²) < 4.78 is 5.41. The second-order valence-corrected chi connectivity index (χ2v) is 7.64. The monoisotopic (exact) mass is 414 g/mol. The molecule has 2 N–H and O–H groups in total. The molecule has 0 atom stereocenters. The second kappa shape index (κ2) is 8.90. The minimum Gasteiger partial charge on any atom is -0.504 e. The van der Waals surface area contributed by atoms with Crippen molar-refractivity contribution in [3.05, 3.63) is 64.6 Å². The quantitative estimate of drug-likeness (QED) is 0.559. The van der Waals surface area contributed by atoms with Crippen LogP contribution in [0.25, 0.3) is 6.08 Å². The van der Waals surface area contributed by atoms with Gasteiger partial charge in [-0.2, -0.15) is 0 Å². The molecule has 3 rings (SSSR count). The molecular weight excluding hydrogens is 396 g/mol. The highest BCUT2D eigenvalue weighted by Crippen LogP contribution is 2.34. The molecule has 6 nitrogen and oxygen atoms in total. The number of hydrogen-bond acceptors (Lipinski definition) is 6. The molecule has 2 amide bonds. The number of carbonyl (C=O) groups is 2. The lowest BCUT2D eigenvalue weighted by Gasteiger charge is -2.14. The van der Waals surface area contributed by atoms with Crippen molar-refractivity contribution in [1.29, 1.82) is 0 Å². The van der Waals surface area contributed by atoms with Crippen LogP contribution in [0.15, 0.2) is 53.4 Å². The van der Waals surface area contributed by atoms with Crippen LogP contribution in [0.4, 0.5) is 0 Å². The van der Waals surface area contributed by atoms with Crippen molar-refractivity contribution in [2.24, 2.45) is 0 Å². The van der Waals surface area contributed by atoms with Gasteiger partial charge in [0.2, 0.25) is 5.91 Å². The molecule has 0 aliphatic carbocycles. The summed E-state index contributed by atoms with van der Waals surface area (Å²) in [5.41, 5.74) is 1.66. The van der Waals surface area contributed by atoms with Crippen molar-refractivity contribution in [1.82, 2.24) is 10.2 Å². The van der Waals surface area contributed by atoms with Crippen LogP contribution in [0, 0.1) is 0 Å². The van der Waals surface area contributed by atoms with Crippen molar-refractivity contribution in [2.75, 3.05) is 13.7 Å². The first-order valence-corrected chi connectivity index (χ1v) is 9.63. The van der Waals surface area contributed by atoms with Crippen molar-refractivity contribution >= 4 is 46.2 Å². The number of nitrogens with zero attached hydrogens (tertiary/aromatic N) is 1. The van der Waals surface area contributed by atoms with Crippen LogP contribution in [-0.2, 0) is 16.1 Å². The van der Waals surface area contributed by atoms with Gasteiger partial charge in [0.05, 0.1) is 12.0 Å². The number of rotatable bonds is 6. The number of nitrogens with one attached hydrogen (secondary N) is 1. The summed E-state index contributed by atoms with van der Waals surface area (Å²) in [5, 5.41) is 12.5. The molecule has 0 spiro atoms. The summed E-state index contributed by atoms with van der Waals surface area (Å²) >= 11 is 6.40. The molecule has 8 heteroatoms. The molecule has 1 aliphatic heterocycles. The molecule has 1 heterocycles. The van der Waals surface area contributed by atoms with E-state index < -0.39 is 0 Å². The van der Waals surface area contributed by atoms with Crippen LogP contribution in [0.1, 0.15) is 11.1 Å². The lowest BCUT2D eigenvalue weighted by Crippen LogP contribution is -2.39. The minimum absolute atomic E-state index is 0.0160. The van der Waals surface area contributed by atoms with Gasteiger partial charge in [0, 0.05) is 6.54 Å². The number of ether oxygens (including phenoxy) is 1. The number of methoxy groups -OCH3 is 1. The van der Waals surface area contributed by atoms with Gasteiger partial charge in [-0.1, -0.05) is 60.4 Å². The smallest absolute Gasteiger partial charge is 0.266 e. The summed E-state index contributed by atoms with van der Waals surface area (Å²) in [5.74, 6) is -0.281. The highest BCUT2D eigenvalue weighted by atomic mass is 32.2. The zero-order valence-electron chi connectivity index (χ0n) is 15.0. The van der Waals surface area contributed by atoms with Gasteiger partial charge in [0.15, 0.2) is 11.5 Å². The molecule has 0 unspecified atom stereocenters. The van der Waals surface area contributed by atoms with Crippen LogP contribution in [0.2, 0.25) is 0 Å². The van der Waals surface area contributed by atoms with E-state index in [0.717, 1.165) is 17.3 Å². The Morgan fingerprint density at radius 3 is 2.75 bits per heavy atom. The summed E-state index contributed by atoms with van der Waals surface area (Å²) in [7, 11) is 1.45. The minimum atomic E-state index is -0.322. The molecule has 0 radical (unpaired) electrons. The summed E-state index contributed by atoms with van der Waals surface area (Å²) in [6, 6.07) is 14.3. The van der Waals surface area contributed by atoms with Crippen LogP contribution in [0.5, 0.6) is 11.5 Å². The average molecular weight is 415 g/mol. The summed E-state index contributed by atoms with van der Waals surface area (Å²) in [4.78, 5) is 26.5. The van der Waals surface area contributed by atoms with Gasteiger partial charge in [0.25, 0.3) is 5.91 Å². The molecule has 144 valence electrons. The van der Waals surface area contributed by atoms with Crippen LogP contribution >= 0.6 is 24.0 Å². The Labute approximate surface area is 172 Å². The van der Waals surface area contributed by atoms with E-state index in [-0.39, 0.29) is 24.1 Å². The van der Waals surface area contributed by atoms with Crippen molar-refractivity contribution in [3.63, 3.8) is 0 Å². The molecule has 0 bridgehead atoms. The first kappa shape index (κ1) is 19.9. The number of thiocarbonyl (C=S) groups is 1. The predicted octanol–water partition coefficient (Wildman–Crippen LogP) is 2.92. The fraction of sp³-hybridized carbons (Fsp3) is 0.150. The Kier molecular flexibility index (Phi) is 6.33. The van der Waals surface area contributed by atoms with E-state index in [0.29, 0.717) is 27.1 Å². The van der Waals surface area contributed by atoms with E-state index in [1.807, 2.05) is 30.3 Å². The average Bonchev–Trinajstić information content (AvgIpc) is 2.96. The molecular formula is C20H18N2O4S2. The number of benzene rings is 2. The maximum absolute atomic E-state index is 12.6. The Hall–Kier alpha value is -2.84. The third-order valence-electron chi connectivity index (χ3n) is 4.01. The zero-order valence-corrected chi connectivity index (χ0v) is 16.7. The molecule has 1 aliphatic rings. The third-order valence-corrected chi connectivity index (χ3v) is 5.39. The first-order valence-electron chi connectivity index (χ1n) is 8.41. The molecule has 0 aromatic heterocycles.